The average molecular weight is 385 g/mol. The van der Waals surface area contributed by atoms with E-state index in [0.717, 1.165) is 17.1 Å². The monoisotopic (exact) mass is 384 g/mol. The van der Waals surface area contributed by atoms with E-state index in [4.69, 9.17) is 4.74 Å². The number of rotatable bonds is 13. The lowest BCUT2D eigenvalue weighted by Gasteiger charge is -2.17. The van der Waals surface area contributed by atoms with E-state index in [2.05, 4.69) is 19.1 Å². The third kappa shape index (κ3) is 7.80. The Labute approximate surface area is 168 Å². The zero-order valence-electron chi connectivity index (χ0n) is 16.7. The van der Waals surface area contributed by atoms with Crippen molar-refractivity contribution in [2.45, 2.75) is 57.1 Å². The zero-order valence-corrected chi connectivity index (χ0v) is 17.5. The van der Waals surface area contributed by atoms with Gasteiger partial charge in [0.2, 0.25) is 0 Å². The molecule has 27 heavy (non-hydrogen) atoms. The van der Waals surface area contributed by atoms with E-state index in [1.807, 2.05) is 54.2 Å². The van der Waals surface area contributed by atoms with Crippen molar-refractivity contribution in [3.05, 3.63) is 65.7 Å². The van der Waals surface area contributed by atoms with Crippen molar-refractivity contribution in [3.8, 4) is 5.75 Å². The number of benzene rings is 2. The smallest absolute Gasteiger partial charge is 0.164 e. The molecule has 0 bridgehead atoms. The number of Topliss-reactive ketones (excluding diaryl/α,β-unsaturated/α-hetero) is 1. The molecule has 3 heteroatoms. The molecule has 0 unspecified atom stereocenters. The minimum Gasteiger partial charge on any atom is -0.497 e. The largest absolute Gasteiger partial charge is 0.497 e. The van der Waals surface area contributed by atoms with Crippen LogP contribution < -0.4 is 4.74 Å². The summed E-state index contributed by atoms with van der Waals surface area (Å²) in [5.41, 5.74) is 2.01. The summed E-state index contributed by atoms with van der Waals surface area (Å²) >= 11 is 1.91. The van der Waals surface area contributed by atoms with Gasteiger partial charge in [0.05, 0.1) is 7.11 Å². The topological polar surface area (TPSA) is 26.3 Å². The lowest BCUT2D eigenvalue weighted by molar-refractivity contribution is 0.0982. The molecule has 0 aliphatic rings. The van der Waals surface area contributed by atoms with Crippen molar-refractivity contribution in [3.63, 3.8) is 0 Å². The standard InChI is InChI=1S/C24H32O2S/c1-3-4-5-6-7-11-18-27-24(21-14-16-22(26-2)17-15-21)19-23(25)20-12-9-8-10-13-20/h8-10,12-17,24H,3-7,11,18-19H2,1-2H3/t24-/m1/s1. The molecule has 0 aliphatic heterocycles. The number of carbonyl (C=O) groups is 1. The highest BCUT2D eigenvalue weighted by atomic mass is 32.2. The minimum absolute atomic E-state index is 0.194. The predicted octanol–water partition coefficient (Wildman–Crippen LogP) is 7.10. The summed E-state index contributed by atoms with van der Waals surface area (Å²) < 4.78 is 5.27. The van der Waals surface area contributed by atoms with Crippen LogP contribution in [0.2, 0.25) is 0 Å². The first-order valence-corrected chi connectivity index (χ1v) is 11.1. The van der Waals surface area contributed by atoms with Gasteiger partial charge in [-0.1, -0.05) is 81.5 Å². The van der Waals surface area contributed by atoms with Gasteiger partial charge in [0.1, 0.15) is 5.75 Å². The van der Waals surface area contributed by atoms with Crippen molar-refractivity contribution in [1.82, 2.24) is 0 Å². The molecule has 0 aliphatic carbocycles. The number of ether oxygens (including phenoxy) is 1. The second-order valence-corrected chi connectivity index (χ2v) is 8.20. The third-order valence-electron chi connectivity index (χ3n) is 4.77. The van der Waals surface area contributed by atoms with E-state index < -0.39 is 0 Å². The van der Waals surface area contributed by atoms with Crippen molar-refractivity contribution in [2.24, 2.45) is 0 Å². The maximum atomic E-state index is 12.7. The van der Waals surface area contributed by atoms with E-state index in [1.165, 1.54) is 44.1 Å². The predicted molar refractivity (Wildman–Crippen MR) is 117 cm³/mol. The molecule has 2 aromatic carbocycles. The summed E-state index contributed by atoms with van der Waals surface area (Å²) in [5, 5.41) is 0.194. The molecule has 0 saturated heterocycles. The molecule has 2 rings (SSSR count). The Hall–Kier alpha value is -1.74. The van der Waals surface area contributed by atoms with Gasteiger partial charge in [-0.05, 0) is 29.9 Å². The molecular formula is C24H32O2S. The van der Waals surface area contributed by atoms with Crippen LogP contribution in [0.3, 0.4) is 0 Å². The second kappa shape index (κ2) is 12.6. The van der Waals surface area contributed by atoms with Crippen molar-refractivity contribution < 1.29 is 9.53 Å². The molecule has 0 radical (unpaired) electrons. The molecule has 0 fully saturated rings. The lowest BCUT2D eigenvalue weighted by Crippen LogP contribution is -2.06. The molecule has 1 atom stereocenters. The number of carbonyl (C=O) groups excluding carboxylic acids is 1. The zero-order chi connectivity index (χ0) is 19.3. The molecule has 0 N–H and O–H groups in total. The quantitative estimate of drug-likeness (QED) is 0.272. The summed E-state index contributed by atoms with van der Waals surface area (Å²) in [4.78, 5) is 12.7. The van der Waals surface area contributed by atoms with Gasteiger partial charge in [-0.3, -0.25) is 4.79 Å². The van der Waals surface area contributed by atoms with E-state index in [9.17, 15) is 4.79 Å². The highest BCUT2D eigenvalue weighted by Gasteiger charge is 2.18. The fraction of sp³-hybridized carbons (Fsp3) is 0.458. The molecule has 0 heterocycles. The van der Waals surface area contributed by atoms with Crippen LogP contribution in [0.1, 0.15) is 73.0 Å². The van der Waals surface area contributed by atoms with Gasteiger partial charge in [0.25, 0.3) is 0 Å². The second-order valence-electron chi connectivity index (χ2n) is 6.89. The van der Waals surface area contributed by atoms with E-state index >= 15 is 0 Å². The van der Waals surface area contributed by atoms with Gasteiger partial charge in [-0.25, -0.2) is 0 Å². The van der Waals surface area contributed by atoms with Gasteiger partial charge < -0.3 is 4.74 Å². The van der Waals surface area contributed by atoms with Crippen LogP contribution in [0.25, 0.3) is 0 Å². The van der Waals surface area contributed by atoms with Gasteiger partial charge in [0, 0.05) is 17.2 Å². The first-order valence-electron chi connectivity index (χ1n) is 10.1. The number of thioether (sulfide) groups is 1. The Bertz CT molecular complexity index is 652. The van der Waals surface area contributed by atoms with Crippen LogP contribution >= 0.6 is 11.8 Å². The molecule has 0 saturated carbocycles. The number of hydrogen-bond acceptors (Lipinski definition) is 3. The fourth-order valence-electron chi connectivity index (χ4n) is 3.11. The third-order valence-corrected chi connectivity index (χ3v) is 6.14. The molecule has 2 aromatic rings. The Balaban J connectivity index is 1.94. The molecular weight excluding hydrogens is 352 g/mol. The normalized spacial score (nSPS) is 11.9. The first kappa shape index (κ1) is 21.6. The highest BCUT2D eigenvalue weighted by Crippen LogP contribution is 2.35. The minimum atomic E-state index is 0.194. The Kier molecular flexibility index (Phi) is 10.1. The molecule has 2 nitrogen and oxygen atoms in total. The van der Waals surface area contributed by atoms with Gasteiger partial charge in [-0.15, -0.1) is 0 Å². The summed E-state index contributed by atoms with van der Waals surface area (Å²) in [6, 6.07) is 17.8. The summed E-state index contributed by atoms with van der Waals surface area (Å²) in [7, 11) is 1.68. The summed E-state index contributed by atoms with van der Waals surface area (Å²) in [6.45, 7) is 2.25. The van der Waals surface area contributed by atoms with Gasteiger partial charge in [-0.2, -0.15) is 11.8 Å². The summed E-state index contributed by atoms with van der Waals surface area (Å²) in [5.74, 6) is 2.17. The Morgan fingerprint density at radius 1 is 0.926 bits per heavy atom. The van der Waals surface area contributed by atoms with Crippen molar-refractivity contribution in [2.75, 3.05) is 12.9 Å². The molecule has 0 spiro atoms. The molecule has 146 valence electrons. The van der Waals surface area contributed by atoms with Gasteiger partial charge in [0.15, 0.2) is 5.78 Å². The number of methoxy groups -OCH3 is 1. The number of unbranched alkanes of at least 4 members (excludes halogenated alkanes) is 5. The van der Waals surface area contributed by atoms with Crippen molar-refractivity contribution >= 4 is 17.5 Å². The fourth-order valence-corrected chi connectivity index (χ4v) is 4.38. The molecule has 0 amide bonds. The van der Waals surface area contributed by atoms with Crippen LogP contribution in [0.4, 0.5) is 0 Å². The lowest BCUT2D eigenvalue weighted by atomic mass is 10.0. The number of hydrogen-bond donors (Lipinski definition) is 0. The summed E-state index contributed by atoms with van der Waals surface area (Å²) in [6.07, 6.45) is 8.34. The highest BCUT2D eigenvalue weighted by molar-refractivity contribution is 7.99. The molecule has 0 aromatic heterocycles. The SMILES string of the molecule is CCCCCCCCS[C@H](CC(=O)c1ccccc1)c1ccc(OC)cc1. The van der Waals surface area contributed by atoms with Crippen LogP contribution in [-0.4, -0.2) is 18.6 Å². The average Bonchev–Trinajstić information content (AvgIpc) is 2.73. The Morgan fingerprint density at radius 2 is 1.59 bits per heavy atom. The van der Waals surface area contributed by atoms with Crippen LogP contribution in [0.15, 0.2) is 54.6 Å². The van der Waals surface area contributed by atoms with E-state index in [1.54, 1.807) is 7.11 Å². The van der Waals surface area contributed by atoms with Crippen molar-refractivity contribution in [1.29, 1.82) is 0 Å². The Morgan fingerprint density at radius 3 is 2.26 bits per heavy atom. The number of ketones is 1. The van der Waals surface area contributed by atoms with E-state index in [-0.39, 0.29) is 11.0 Å². The van der Waals surface area contributed by atoms with E-state index in [0.29, 0.717) is 6.42 Å². The van der Waals surface area contributed by atoms with Gasteiger partial charge >= 0.3 is 0 Å². The van der Waals surface area contributed by atoms with Crippen LogP contribution in [0, 0.1) is 0 Å². The first-order chi connectivity index (χ1) is 13.2. The maximum Gasteiger partial charge on any atom is 0.164 e. The maximum absolute atomic E-state index is 12.7. The van der Waals surface area contributed by atoms with Crippen LogP contribution in [0.5, 0.6) is 5.75 Å². The van der Waals surface area contributed by atoms with Crippen LogP contribution in [-0.2, 0) is 0 Å².